The average Bonchev–Trinajstić information content (AvgIpc) is 2.40. The number of nitrogens with two attached hydrogens (primary N) is 1. The third-order valence-corrected chi connectivity index (χ3v) is 4.13. The molecule has 6 heteroatoms. The zero-order valence-corrected chi connectivity index (χ0v) is 12.5. The van der Waals surface area contributed by atoms with Crippen LogP contribution in [0, 0.1) is 0 Å². The summed E-state index contributed by atoms with van der Waals surface area (Å²) in [5.74, 6) is -0.392. The molecule has 1 rings (SSSR count). The second-order valence-corrected chi connectivity index (χ2v) is 5.25. The van der Waals surface area contributed by atoms with E-state index < -0.39 is 11.4 Å². The van der Waals surface area contributed by atoms with Crippen LogP contribution in [-0.2, 0) is 0 Å². The molecule has 0 aliphatic carbocycles. The van der Waals surface area contributed by atoms with Crippen molar-refractivity contribution in [2.24, 2.45) is 0 Å². The molecule has 0 atom stereocenters. The summed E-state index contributed by atoms with van der Waals surface area (Å²) in [6.45, 7) is 3.65. The monoisotopic (exact) mass is 304 g/mol. The number of carbonyl (C=O) groups excluding carboxylic acids is 1. The first-order chi connectivity index (χ1) is 8.89. The van der Waals surface area contributed by atoms with Crippen molar-refractivity contribution in [1.82, 2.24) is 5.32 Å². The first kappa shape index (κ1) is 16.1. The summed E-state index contributed by atoms with van der Waals surface area (Å²) in [5, 5.41) is 12.6. The SMILES string of the molecule is CCC(CC)(CO)NC(=O)c1cc(N)cc(Cl)c1Cl. The highest BCUT2D eigenvalue weighted by Crippen LogP contribution is 2.29. The van der Waals surface area contributed by atoms with E-state index in [4.69, 9.17) is 28.9 Å². The first-order valence-corrected chi connectivity index (χ1v) is 6.82. The van der Waals surface area contributed by atoms with Crippen molar-refractivity contribution >= 4 is 34.8 Å². The maximum Gasteiger partial charge on any atom is 0.253 e. The van der Waals surface area contributed by atoms with Gasteiger partial charge < -0.3 is 16.2 Å². The zero-order chi connectivity index (χ0) is 14.6. The van der Waals surface area contributed by atoms with Gasteiger partial charge in [0.15, 0.2) is 0 Å². The number of carbonyl (C=O) groups is 1. The summed E-state index contributed by atoms with van der Waals surface area (Å²) < 4.78 is 0. The van der Waals surface area contributed by atoms with Crippen LogP contribution >= 0.6 is 23.2 Å². The van der Waals surface area contributed by atoms with Crippen LogP contribution in [0.15, 0.2) is 12.1 Å². The van der Waals surface area contributed by atoms with Gasteiger partial charge in [-0.15, -0.1) is 0 Å². The lowest BCUT2D eigenvalue weighted by Crippen LogP contribution is -2.50. The zero-order valence-electron chi connectivity index (χ0n) is 11.0. The Morgan fingerprint density at radius 1 is 1.37 bits per heavy atom. The first-order valence-electron chi connectivity index (χ1n) is 6.07. The predicted molar refractivity (Wildman–Crippen MR) is 78.7 cm³/mol. The van der Waals surface area contributed by atoms with Gasteiger partial charge in [0.2, 0.25) is 0 Å². The van der Waals surface area contributed by atoms with Crippen LogP contribution in [0.1, 0.15) is 37.0 Å². The van der Waals surface area contributed by atoms with E-state index >= 15 is 0 Å². The van der Waals surface area contributed by atoms with Crippen LogP contribution in [-0.4, -0.2) is 23.2 Å². The fraction of sp³-hybridized carbons (Fsp3) is 0.462. The molecule has 4 nitrogen and oxygen atoms in total. The van der Waals surface area contributed by atoms with E-state index in [0.717, 1.165) is 0 Å². The molecule has 0 spiro atoms. The highest BCUT2D eigenvalue weighted by atomic mass is 35.5. The standard InChI is InChI=1S/C13H18Cl2N2O2/c1-3-13(4-2,7-18)17-12(19)9-5-8(16)6-10(14)11(9)15/h5-6,18H,3-4,7,16H2,1-2H3,(H,17,19). The molecule has 0 heterocycles. The van der Waals surface area contributed by atoms with Crippen LogP contribution < -0.4 is 11.1 Å². The van der Waals surface area contributed by atoms with Crippen molar-refractivity contribution in [2.45, 2.75) is 32.2 Å². The maximum absolute atomic E-state index is 12.2. The Hall–Kier alpha value is -0.970. The van der Waals surface area contributed by atoms with Crippen molar-refractivity contribution < 1.29 is 9.90 Å². The van der Waals surface area contributed by atoms with Crippen molar-refractivity contribution in [3.63, 3.8) is 0 Å². The molecule has 19 heavy (non-hydrogen) atoms. The van der Waals surface area contributed by atoms with E-state index in [2.05, 4.69) is 5.32 Å². The minimum Gasteiger partial charge on any atom is -0.399 e. The summed E-state index contributed by atoms with van der Waals surface area (Å²) in [5.41, 5.74) is 5.58. The molecule has 0 aromatic heterocycles. The van der Waals surface area contributed by atoms with E-state index in [-0.39, 0.29) is 22.2 Å². The number of anilines is 1. The third kappa shape index (κ3) is 3.53. The van der Waals surface area contributed by atoms with Crippen molar-refractivity contribution in [3.05, 3.63) is 27.7 Å². The van der Waals surface area contributed by atoms with Gasteiger partial charge in [-0.3, -0.25) is 4.79 Å². The van der Waals surface area contributed by atoms with Gasteiger partial charge in [0.25, 0.3) is 5.91 Å². The predicted octanol–water partition coefficient (Wildman–Crippen LogP) is 2.86. The molecule has 0 aliphatic heterocycles. The maximum atomic E-state index is 12.2. The molecule has 1 aromatic carbocycles. The fourth-order valence-electron chi connectivity index (χ4n) is 1.77. The van der Waals surface area contributed by atoms with Gasteiger partial charge in [-0.1, -0.05) is 37.0 Å². The van der Waals surface area contributed by atoms with Crippen molar-refractivity contribution in [2.75, 3.05) is 12.3 Å². The molecule has 0 saturated heterocycles. The number of rotatable bonds is 5. The van der Waals surface area contributed by atoms with Gasteiger partial charge >= 0.3 is 0 Å². The Balaban J connectivity index is 3.08. The van der Waals surface area contributed by atoms with Crippen molar-refractivity contribution in [3.8, 4) is 0 Å². The fourth-order valence-corrected chi connectivity index (χ4v) is 2.20. The summed E-state index contributed by atoms with van der Waals surface area (Å²) in [4.78, 5) is 12.2. The Bertz CT molecular complexity index is 466. The molecular formula is C13H18Cl2N2O2. The lowest BCUT2D eigenvalue weighted by Gasteiger charge is -2.31. The van der Waals surface area contributed by atoms with Crippen LogP contribution in [0.4, 0.5) is 5.69 Å². The molecular weight excluding hydrogens is 287 g/mol. The normalized spacial score (nSPS) is 11.4. The summed E-state index contributed by atoms with van der Waals surface area (Å²) in [6, 6.07) is 2.95. The second-order valence-electron chi connectivity index (χ2n) is 4.46. The van der Waals surface area contributed by atoms with Crippen LogP contribution in [0.3, 0.4) is 0 Å². The Morgan fingerprint density at radius 2 is 1.95 bits per heavy atom. The molecule has 0 saturated carbocycles. The number of hydrogen-bond acceptors (Lipinski definition) is 3. The number of amides is 1. The number of benzene rings is 1. The smallest absolute Gasteiger partial charge is 0.253 e. The van der Waals surface area contributed by atoms with E-state index in [9.17, 15) is 9.90 Å². The van der Waals surface area contributed by atoms with E-state index in [1.807, 2.05) is 13.8 Å². The third-order valence-electron chi connectivity index (χ3n) is 3.33. The Kier molecular flexibility index (Phi) is 5.47. The van der Waals surface area contributed by atoms with Gasteiger partial charge in [-0.25, -0.2) is 0 Å². The minimum atomic E-state index is -0.655. The second kappa shape index (κ2) is 6.46. The highest BCUT2D eigenvalue weighted by Gasteiger charge is 2.28. The molecule has 106 valence electrons. The molecule has 4 N–H and O–H groups in total. The highest BCUT2D eigenvalue weighted by molar-refractivity contribution is 6.44. The van der Waals surface area contributed by atoms with Crippen LogP contribution in [0.5, 0.6) is 0 Å². The van der Waals surface area contributed by atoms with E-state index in [1.165, 1.54) is 12.1 Å². The van der Waals surface area contributed by atoms with Crippen LogP contribution in [0.25, 0.3) is 0 Å². The van der Waals surface area contributed by atoms with Gasteiger partial charge in [-0.2, -0.15) is 0 Å². The molecule has 0 bridgehead atoms. The molecule has 0 aliphatic rings. The molecule has 1 amide bonds. The van der Waals surface area contributed by atoms with Crippen LogP contribution in [0.2, 0.25) is 10.0 Å². The largest absolute Gasteiger partial charge is 0.399 e. The number of nitrogens with one attached hydrogen (secondary N) is 1. The molecule has 0 unspecified atom stereocenters. The Labute approximate surface area is 122 Å². The van der Waals surface area contributed by atoms with Gasteiger partial charge in [0, 0.05) is 5.69 Å². The number of nitrogen functional groups attached to an aromatic ring is 1. The number of aliphatic hydroxyl groups is 1. The quantitative estimate of drug-likeness (QED) is 0.732. The summed E-state index contributed by atoms with van der Waals surface area (Å²) in [6.07, 6.45) is 1.22. The number of aliphatic hydroxyl groups excluding tert-OH is 1. The topological polar surface area (TPSA) is 75.3 Å². The molecule has 0 fully saturated rings. The number of hydrogen-bond donors (Lipinski definition) is 3. The van der Waals surface area contributed by atoms with Crippen molar-refractivity contribution in [1.29, 1.82) is 0 Å². The van der Waals surface area contributed by atoms with Gasteiger partial charge in [0.1, 0.15) is 0 Å². The summed E-state index contributed by atoms with van der Waals surface area (Å²) in [7, 11) is 0. The van der Waals surface area contributed by atoms with E-state index in [1.54, 1.807) is 0 Å². The van der Waals surface area contributed by atoms with E-state index in [0.29, 0.717) is 18.5 Å². The Morgan fingerprint density at radius 3 is 2.42 bits per heavy atom. The number of halogens is 2. The summed E-state index contributed by atoms with van der Waals surface area (Å²) >= 11 is 11.9. The average molecular weight is 305 g/mol. The lowest BCUT2D eigenvalue weighted by atomic mass is 9.93. The molecule has 0 radical (unpaired) electrons. The van der Waals surface area contributed by atoms with Gasteiger partial charge in [-0.05, 0) is 25.0 Å². The minimum absolute atomic E-state index is 0.139. The lowest BCUT2D eigenvalue weighted by molar-refractivity contribution is 0.0818. The molecule has 1 aromatic rings. The van der Waals surface area contributed by atoms with Gasteiger partial charge in [0.05, 0.1) is 27.8 Å².